The van der Waals surface area contributed by atoms with Gasteiger partial charge in [-0.25, -0.2) is 8.42 Å². The van der Waals surface area contributed by atoms with Gasteiger partial charge in [0.1, 0.15) is 0 Å². The van der Waals surface area contributed by atoms with Crippen molar-refractivity contribution in [1.82, 2.24) is 0 Å². The maximum Gasteiger partial charge on any atom is 1.00 e. The van der Waals surface area contributed by atoms with Crippen LogP contribution in [0.2, 0.25) is 0 Å². The molecule has 0 amide bonds. The zero-order valence-electron chi connectivity index (χ0n) is 12.2. The zero-order chi connectivity index (χ0) is 13.7. The van der Waals surface area contributed by atoms with Crippen LogP contribution in [-0.4, -0.2) is 32.8 Å². The van der Waals surface area contributed by atoms with Gasteiger partial charge in [-0.3, -0.25) is 4.18 Å². The molecule has 0 aromatic heterocycles. The quantitative estimate of drug-likeness (QED) is 0.306. The van der Waals surface area contributed by atoms with Crippen molar-refractivity contribution in [3.05, 3.63) is 0 Å². The Morgan fingerprint density at radius 2 is 1.53 bits per heavy atom. The normalized spacial score (nSPS) is 16.9. The molecule has 0 aromatic rings. The Labute approximate surface area is 139 Å². The van der Waals surface area contributed by atoms with E-state index in [9.17, 15) is 13.0 Å². The van der Waals surface area contributed by atoms with Gasteiger partial charge in [0.2, 0.25) is 10.4 Å². The van der Waals surface area contributed by atoms with Crippen molar-refractivity contribution < 1.29 is 51.4 Å². The third-order valence-corrected chi connectivity index (χ3v) is 3.01. The van der Waals surface area contributed by atoms with Crippen LogP contribution in [0.4, 0.5) is 0 Å². The van der Waals surface area contributed by atoms with Gasteiger partial charge in [-0.15, -0.1) is 0 Å². The van der Waals surface area contributed by atoms with Gasteiger partial charge in [-0.1, -0.05) is 39.0 Å². The number of ether oxygens (including phenoxy) is 1. The summed E-state index contributed by atoms with van der Waals surface area (Å²) < 4.78 is 38.4. The molecule has 1 aliphatic rings. The minimum absolute atomic E-state index is 0. The Balaban J connectivity index is 0. The topological polar surface area (TPSA) is 75.7 Å². The summed E-state index contributed by atoms with van der Waals surface area (Å²) in [5, 5.41) is 0. The van der Waals surface area contributed by atoms with Gasteiger partial charge >= 0.3 is 29.6 Å². The van der Waals surface area contributed by atoms with E-state index in [1.807, 2.05) is 6.92 Å². The molecule has 1 rings (SSSR count). The first-order chi connectivity index (χ1) is 8.56. The Morgan fingerprint density at radius 3 is 1.95 bits per heavy atom. The summed E-state index contributed by atoms with van der Waals surface area (Å²) in [6.45, 7) is 3.88. The molecule has 0 aromatic carbocycles. The molecule has 0 unspecified atom stereocenters. The van der Waals surface area contributed by atoms with Crippen molar-refractivity contribution in [2.45, 2.75) is 58.3 Å². The molecule has 0 aliphatic carbocycles. The molecule has 0 spiro atoms. The van der Waals surface area contributed by atoms with E-state index in [-0.39, 0.29) is 36.2 Å². The first-order valence-electron chi connectivity index (χ1n) is 6.74. The van der Waals surface area contributed by atoms with Crippen LogP contribution in [0, 0.1) is 0 Å². The van der Waals surface area contributed by atoms with Gasteiger partial charge in [0.15, 0.2) is 0 Å². The number of hydrogen-bond acceptors (Lipinski definition) is 5. The molecule has 110 valence electrons. The molecule has 1 fully saturated rings. The second-order valence-corrected chi connectivity index (χ2v) is 5.37. The van der Waals surface area contributed by atoms with E-state index in [1.165, 1.54) is 38.5 Å². The minimum Gasteiger partial charge on any atom is -0.726 e. The van der Waals surface area contributed by atoms with Gasteiger partial charge in [-0.2, -0.15) is 0 Å². The third kappa shape index (κ3) is 21.3. The first kappa shape index (κ1) is 22.1. The molecule has 0 atom stereocenters. The predicted molar refractivity (Wildman–Crippen MR) is 69.1 cm³/mol. The van der Waals surface area contributed by atoms with Crippen LogP contribution in [0.1, 0.15) is 58.3 Å². The van der Waals surface area contributed by atoms with Crippen molar-refractivity contribution in [3.8, 4) is 0 Å². The van der Waals surface area contributed by atoms with Crippen molar-refractivity contribution in [3.63, 3.8) is 0 Å². The summed E-state index contributed by atoms with van der Waals surface area (Å²) in [5.41, 5.74) is 0. The summed E-state index contributed by atoms with van der Waals surface area (Å²) in [4.78, 5) is 0. The number of hydrogen-bond donors (Lipinski definition) is 0. The van der Waals surface area contributed by atoms with E-state index < -0.39 is 10.4 Å². The largest absolute Gasteiger partial charge is 1.00 e. The van der Waals surface area contributed by atoms with Crippen molar-refractivity contribution in [2.24, 2.45) is 0 Å². The molecule has 1 saturated heterocycles. The van der Waals surface area contributed by atoms with Crippen LogP contribution in [0.3, 0.4) is 0 Å². The van der Waals surface area contributed by atoms with Gasteiger partial charge in [0, 0.05) is 13.2 Å². The predicted octanol–water partition coefficient (Wildman–Crippen LogP) is -0.375. The molecule has 0 bridgehead atoms. The number of unbranched alkanes of at least 4 members (excludes halogenated alkanes) is 1. The average Bonchev–Trinajstić information content (AvgIpc) is 2.43. The molecule has 0 radical (unpaired) electrons. The van der Waals surface area contributed by atoms with E-state index in [2.05, 4.69) is 4.18 Å². The molecule has 1 aliphatic heterocycles. The fraction of sp³-hybridized carbons (Fsp3) is 1.00. The SMILES string of the molecule is C1CCCCOCCC1.CCCCOS(=O)(=O)[O-].[Na+]. The molecule has 1 heterocycles. The first-order valence-corrected chi connectivity index (χ1v) is 8.07. The maximum absolute atomic E-state index is 9.73. The summed E-state index contributed by atoms with van der Waals surface area (Å²) in [7, 11) is -4.45. The van der Waals surface area contributed by atoms with E-state index >= 15 is 0 Å². The van der Waals surface area contributed by atoms with E-state index in [1.54, 1.807) is 0 Å². The van der Waals surface area contributed by atoms with Crippen LogP contribution in [0.5, 0.6) is 0 Å². The standard InChI is InChI=1S/C8H16O.C4H10O4S.Na/c1-2-4-6-8-9-7-5-3-1;1-2-3-4-8-9(5,6)7;/h1-8H2;2-4H2,1H3,(H,5,6,7);/q;;+1/p-1. The molecule has 5 nitrogen and oxygen atoms in total. The van der Waals surface area contributed by atoms with E-state index in [0.29, 0.717) is 6.42 Å². The van der Waals surface area contributed by atoms with Gasteiger partial charge in [0.25, 0.3) is 0 Å². The Hall–Kier alpha value is 0.830. The van der Waals surface area contributed by atoms with E-state index in [4.69, 9.17) is 4.74 Å². The molecular formula is C12H25NaO5S. The van der Waals surface area contributed by atoms with Crippen LogP contribution >= 0.6 is 0 Å². The van der Waals surface area contributed by atoms with Crippen molar-refractivity contribution in [1.29, 1.82) is 0 Å². The molecule has 0 N–H and O–H groups in total. The summed E-state index contributed by atoms with van der Waals surface area (Å²) in [6.07, 6.45) is 9.56. The Bertz CT molecular complexity index is 241. The smallest absolute Gasteiger partial charge is 0.726 e. The van der Waals surface area contributed by atoms with Gasteiger partial charge in [-0.05, 0) is 19.3 Å². The molecule has 7 heteroatoms. The third-order valence-electron chi connectivity index (χ3n) is 2.55. The second kappa shape index (κ2) is 15.2. The zero-order valence-corrected chi connectivity index (χ0v) is 15.0. The maximum atomic E-state index is 9.73. The van der Waals surface area contributed by atoms with Crippen LogP contribution in [-0.2, 0) is 19.3 Å². The van der Waals surface area contributed by atoms with Crippen LogP contribution in [0.15, 0.2) is 0 Å². The second-order valence-electron chi connectivity index (χ2n) is 4.32. The van der Waals surface area contributed by atoms with Crippen molar-refractivity contribution in [2.75, 3.05) is 19.8 Å². The van der Waals surface area contributed by atoms with Crippen LogP contribution in [0.25, 0.3) is 0 Å². The molecular weight excluding hydrogens is 279 g/mol. The summed E-state index contributed by atoms with van der Waals surface area (Å²) >= 11 is 0. The minimum atomic E-state index is -4.45. The molecule has 0 saturated carbocycles. The molecule has 19 heavy (non-hydrogen) atoms. The average molecular weight is 304 g/mol. The van der Waals surface area contributed by atoms with Gasteiger partial charge < -0.3 is 9.29 Å². The fourth-order valence-corrected chi connectivity index (χ4v) is 1.84. The van der Waals surface area contributed by atoms with Crippen molar-refractivity contribution >= 4 is 10.4 Å². The fourth-order valence-electron chi connectivity index (χ4n) is 1.52. The number of rotatable bonds is 4. The Morgan fingerprint density at radius 1 is 1.05 bits per heavy atom. The van der Waals surface area contributed by atoms with Gasteiger partial charge in [0.05, 0.1) is 6.61 Å². The van der Waals surface area contributed by atoms with Crippen LogP contribution < -0.4 is 29.6 Å². The van der Waals surface area contributed by atoms with E-state index in [0.717, 1.165) is 19.6 Å². The summed E-state index contributed by atoms with van der Waals surface area (Å²) in [6, 6.07) is 0. The summed E-state index contributed by atoms with van der Waals surface area (Å²) in [5.74, 6) is 0. The monoisotopic (exact) mass is 304 g/mol. The Kier molecular flexibility index (Phi) is 17.7.